The van der Waals surface area contributed by atoms with Gasteiger partial charge < -0.3 is 0 Å². The molecule has 0 bridgehead atoms. The Bertz CT molecular complexity index is 1190. The number of carbonyl (C=O) groups is 1. The van der Waals surface area contributed by atoms with Crippen LogP contribution in [0, 0.1) is 0 Å². The van der Waals surface area contributed by atoms with Crippen molar-refractivity contribution < 1.29 is 13.2 Å². The molecule has 2 heterocycles. The molecular weight excluding hydrogens is 471 g/mol. The van der Waals surface area contributed by atoms with Crippen molar-refractivity contribution in [2.24, 2.45) is 0 Å². The maximum absolute atomic E-state index is 12.6. The highest BCUT2D eigenvalue weighted by molar-refractivity contribution is 8.03. The van der Waals surface area contributed by atoms with Crippen LogP contribution in [-0.4, -0.2) is 41.1 Å². The monoisotopic (exact) mass is 491 g/mol. The lowest BCUT2D eigenvalue weighted by Crippen LogP contribution is -2.32. The van der Waals surface area contributed by atoms with Crippen LogP contribution in [0.1, 0.15) is 41.3 Å². The summed E-state index contributed by atoms with van der Waals surface area (Å²) >= 11 is 4.52. The zero-order valence-corrected chi connectivity index (χ0v) is 20.3. The van der Waals surface area contributed by atoms with Gasteiger partial charge >= 0.3 is 0 Å². The third kappa shape index (κ3) is 4.82. The Kier molecular flexibility index (Phi) is 6.71. The lowest BCUT2D eigenvalue weighted by molar-refractivity contribution is 0.0876. The van der Waals surface area contributed by atoms with Crippen LogP contribution >= 0.6 is 34.9 Å². The van der Waals surface area contributed by atoms with Crippen LogP contribution in [0.15, 0.2) is 62.1 Å². The first-order chi connectivity index (χ1) is 14.9. The summed E-state index contributed by atoms with van der Waals surface area (Å²) in [6.45, 7) is 4.46. The van der Waals surface area contributed by atoms with Crippen molar-refractivity contribution in [2.75, 3.05) is 12.3 Å². The maximum atomic E-state index is 12.6. The summed E-state index contributed by atoms with van der Waals surface area (Å²) in [5.74, 6) is 1.29. The molecule has 10 heteroatoms. The third-order valence-corrected chi connectivity index (χ3v) is 9.91. The molecule has 162 valence electrons. The Hall–Kier alpha value is -1.88. The number of nitrogens with zero attached hydrogens (tertiary/aromatic N) is 3. The van der Waals surface area contributed by atoms with Crippen LogP contribution in [0.2, 0.25) is 0 Å². The first-order valence-electron chi connectivity index (χ1n) is 9.70. The second-order valence-electron chi connectivity index (χ2n) is 7.25. The van der Waals surface area contributed by atoms with Gasteiger partial charge in [0.1, 0.15) is 4.90 Å². The Balaban J connectivity index is 1.29. The molecule has 0 saturated carbocycles. The van der Waals surface area contributed by atoms with Gasteiger partial charge in [0, 0.05) is 18.1 Å². The number of hydrogen-bond donors (Lipinski definition) is 0. The Morgan fingerprint density at radius 2 is 1.68 bits per heavy atom. The number of hydrogen-bond acceptors (Lipinski definition) is 8. The lowest BCUT2D eigenvalue weighted by Gasteiger charge is -2.13. The van der Waals surface area contributed by atoms with E-state index in [-0.39, 0.29) is 17.0 Å². The minimum Gasteiger partial charge on any atom is -0.268 e. The minimum atomic E-state index is -3.76. The van der Waals surface area contributed by atoms with E-state index < -0.39 is 15.9 Å². The first kappa shape index (κ1) is 22.3. The maximum Gasteiger partial charge on any atom is 0.269 e. The molecule has 0 atom stereocenters. The normalized spacial score (nSPS) is 14.9. The quantitative estimate of drug-likeness (QED) is 0.415. The van der Waals surface area contributed by atoms with Crippen LogP contribution in [0.25, 0.3) is 0 Å². The number of carbonyl (C=O) groups excluding carboxylic acids is 1. The van der Waals surface area contributed by atoms with E-state index in [9.17, 15) is 13.2 Å². The van der Waals surface area contributed by atoms with E-state index in [1.807, 2.05) is 0 Å². The molecule has 2 aromatic carbocycles. The third-order valence-electron chi connectivity index (χ3n) is 4.83. The Morgan fingerprint density at radius 3 is 2.35 bits per heavy atom. The molecule has 0 saturated heterocycles. The molecule has 3 aromatic rings. The molecular formula is C21H21N3O3S4. The van der Waals surface area contributed by atoms with E-state index in [0.717, 1.165) is 18.7 Å². The van der Waals surface area contributed by atoms with Gasteiger partial charge in [-0.3, -0.25) is 4.79 Å². The number of amides is 1. The van der Waals surface area contributed by atoms with Crippen molar-refractivity contribution in [1.29, 1.82) is 0 Å². The van der Waals surface area contributed by atoms with Crippen molar-refractivity contribution >= 4 is 50.8 Å². The Morgan fingerprint density at radius 1 is 1.00 bits per heavy atom. The van der Waals surface area contributed by atoms with Crippen molar-refractivity contribution in [1.82, 2.24) is 14.5 Å². The molecule has 4 rings (SSSR count). The van der Waals surface area contributed by atoms with E-state index >= 15 is 0 Å². The summed E-state index contributed by atoms with van der Waals surface area (Å²) in [5, 5.41) is 8.40. The number of benzene rings is 2. The van der Waals surface area contributed by atoms with Gasteiger partial charge in [-0.05, 0) is 29.2 Å². The molecule has 1 aliphatic heterocycles. The predicted molar refractivity (Wildman–Crippen MR) is 125 cm³/mol. The van der Waals surface area contributed by atoms with Gasteiger partial charge in [-0.25, -0.2) is 12.7 Å². The van der Waals surface area contributed by atoms with Gasteiger partial charge in [-0.1, -0.05) is 85.1 Å². The van der Waals surface area contributed by atoms with Crippen LogP contribution in [0.4, 0.5) is 0 Å². The standard InChI is InChI=1S/C21H21N3O3S4/c1-14(2)16-9-7-15(8-10-16)13-29-21-23-22-20(30-21)28-12-11-24-19(25)17-5-3-4-6-18(17)31(24,26)27/h3-10,14H,11-13H2,1-2H3. The smallest absolute Gasteiger partial charge is 0.268 e. The summed E-state index contributed by atoms with van der Waals surface area (Å²) in [6.07, 6.45) is 0. The first-order valence-corrected chi connectivity index (χ1v) is 13.9. The van der Waals surface area contributed by atoms with Gasteiger partial charge in [-0.15, -0.1) is 10.2 Å². The molecule has 0 aliphatic carbocycles. The van der Waals surface area contributed by atoms with Crippen LogP contribution in [-0.2, 0) is 15.8 Å². The van der Waals surface area contributed by atoms with Crippen LogP contribution in [0.3, 0.4) is 0 Å². The highest BCUT2D eigenvalue weighted by Gasteiger charge is 2.40. The average Bonchev–Trinajstić information content (AvgIpc) is 3.29. The summed E-state index contributed by atoms with van der Waals surface area (Å²) in [6, 6.07) is 14.9. The van der Waals surface area contributed by atoms with Crippen molar-refractivity contribution in [3.63, 3.8) is 0 Å². The fraction of sp³-hybridized carbons (Fsp3) is 0.286. The zero-order valence-electron chi connectivity index (χ0n) is 17.0. The number of fused-ring (bicyclic) bond motifs is 1. The molecule has 0 radical (unpaired) electrons. The molecule has 1 amide bonds. The highest BCUT2D eigenvalue weighted by atomic mass is 32.2. The average molecular weight is 492 g/mol. The van der Waals surface area contributed by atoms with Crippen LogP contribution < -0.4 is 0 Å². The van der Waals surface area contributed by atoms with E-state index in [4.69, 9.17) is 0 Å². The van der Waals surface area contributed by atoms with E-state index in [2.05, 4.69) is 48.3 Å². The molecule has 1 aromatic heterocycles. The SMILES string of the molecule is CC(C)c1ccc(CSc2nnc(SCCN3C(=O)c4ccccc4S3(=O)=O)s2)cc1. The van der Waals surface area contributed by atoms with Crippen molar-refractivity contribution in [3.8, 4) is 0 Å². The van der Waals surface area contributed by atoms with Crippen molar-refractivity contribution in [3.05, 3.63) is 65.2 Å². The largest absolute Gasteiger partial charge is 0.269 e. The lowest BCUT2D eigenvalue weighted by atomic mass is 10.0. The number of sulfonamides is 1. The molecule has 0 N–H and O–H groups in total. The Labute approximate surface area is 194 Å². The van der Waals surface area contributed by atoms with Gasteiger partial charge in [0.2, 0.25) is 0 Å². The van der Waals surface area contributed by atoms with E-state index in [1.165, 1.54) is 40.3 Å². The fourth-order valence-corrected chi connectivity index (χ4v) is 7.78. The second kappa shape index (κ2) is 9.32. The van der Waals surface area contributed by atoms with Crippen LogP contribution in [0.5, 0.6) is 0 Å². The minimum absolute atomic E-state index is 0.0843. The topological polar surface area (TPSA) is 80.2 Å². The van der Waals surface area contributed by atoms with Gasteiger partial charge in [0.15, 0.2) is 8.68 Å². The van der Waals surface area contributed by atoms with Gasteiger partial charge in [-0.2, -0.15) is 0 Å². The van der Waals surface area contributed by atoms with E-state index in [0.29, 0.717) is 11.7 Å². The molecule has 0 unspecified atom stereocenters. The second-order valence-corrected chi connectivity index (χ2v) is 12.6. The fourth-order valence-electron chi connectivity index (χ4n) is 3.13. The molecule has 0 spiro atoms. The van der Waals surface area contributed by atoms with Crippen molar-refractivity contribution in [2.45, 2.75) is 39.1 Å². The van der Waals surface area contributed by atoms with E-state index in [1.54, 1.807) is 30.0 Å². The summed E-state index contributed by atoms with van der Waals surface area (Å²) < 4.78 is 27.8. The molecule has 1 aliphatic rings. The molecule has 0 fully saturated rings. The molecule has 31 heavy (non-hydrogen) atoms. The summed E-state index contributed by atoms with van der Waals surface area (Å²) in [4.78, 5) is 12.5. The number of thioether (sulfide) groups is 2. The van der Waals surface area contributed by atoms with Gasteiger partial charge in [0.05, 0.1) is 5.56 Å². The molecule has 6 nitrogen and oxygen atoms in total. The number of rotatable bonds is 8. The summed E-state index contributed by atoms with van der Waals surface area (Å²) in [5.41, 5.74) is 2.80. The summed E-state index contributed by atoms with van der Waals surface area (Å²) in [7, 11) is -3.76. The van der Waals surface area contributed by atoms with Gasteiger partial charge in [0.25, 0.3) is 15.9 Å². The predicted octanol–water partition coefficient (Wildman–Crippen LogP) is 4.89. The number of aromatic nitrogens is 2. The zero-order chi connectivity index (χ0) is 22.0. The highest BCUT2D eigenvalue weighted by Crippen LogP contribution is 2.33.